The zero-order valence-corrected chi connectivity index (χ0v) is 15.8. The minimum atomic E-state index is -0.475. The Bertz CT molecular complexity index is 1060. The summed E-state index contributed by atoms with van der Waals surface area (Å²) in [5.74, 6) is -0.475. The number of thiazole rings is 1. The topological polar surface area (TPSA) is 91.8 Å². The number of amides is 1. The number of nitrogens with one attached hydrogen (secondary N) is 1. The van der Waals surface area contributed by atoms with Gasteiger partial charge in [0.25, 0.3) is 0 Å². The van der Waals surface area contributed by atoms with Crippen LogP contribution in [-0.4, -0.2) is 10.9 Å². The van der Waals surface area contributed by atoms with Gasteiger partial charge >= 0.3 is 0 Å². The average molecular weight is 374 g/mol. The minimum Gasteiger partial charge on any atom is -0.366 e. The summed E-state index contributed by atoms with van der Waals surface area (Å²) in [6.45, 7) is 4.11. The van der Waals surface area contributed by atoms with Crippen molar-refractivity contribution in [2.75, 3.05) is 5.32 Å². The van der Waals surface area contributed by atoms with Crippen molar-refractivity contribution < 1.29 is 4.79 Å². The van der Waals surface area contributed by atoms with Crippen LogP contribution in [0.2, 0.25) is 0 Å². The maximum atomic E-state index is 11.1. The van der Waals surface area contributed by atoms with E-state index in [2.05, 4.69) is 48.4 Å². The lowest BCUT2D eigenvalue weighted by molar-refractivity contribution is 0.100. The highest BCUT2D eigenvalue weighted by molar-refractivity contribution is 7.11. The lowest BCUT2D eigenvalue weighted by atomic mass is 10.0. The molecule has 27 heavy (non-hydrogen) atoms. The molecule has 6 heteroatoms. The number of nitrogens with two attached hydrogens (primary N) is 1. The van der Waals surface area contributed by atoms with Crippen molar-refractivity contribution in [1.82, 2.24) is 4.98 Å². The number of carbonyl (C=O) groups is 1. The quantitative estimate of drug-likeness (QED) is 0.643. The van der Waals surface area contributed by atoms with E-state index in [1.807, 2.05) is 5.38 Å². The second-order valence-electron chi connectivity index (χ2n) is 6.11. The predicted octanol–water partition coefficient (Wildman–Crippen LogP) is 4.50. The van der Waals surface area contributed by atoms with Crippen LogP contribution in [0.1, 0.15) is 26.5 Å². The van der Waals surface area contributed by atoms with Gasteiger partial charge in [0, 0.05) is 28.4 Å². The fourth-order valence-electron chi connectivity index (χ4n) is 2.65. The third-order valence-electron chi connectivity index (χ3n) is 4.07. The van der Waals surface area contributed by atoms with Gasteiger partial charge in [0.15, 0.2) is 0 Å². The van der Waals surface area contributed by atoms with E-state index in [1.54, 1.807) is 30.5 Å². The maximum Gasteiger partial charge on any atom is 0.248 e. The van der Waals surface area contributed by atoms with Gasteiger partial charge in [-0.15, -0.1) is 11.3 Å². The van der Waals surface area contributed by atoms with Gasteiger partial charge < -0.3 is 11.1 Å². The van der Waals surface area contributed by atoms with Crippen molar-refractivity contribution in [2.24, 2.45) is 5.73 Å². The first kappa shape index (κ1) is 18.4. The molecule has 3 aromatic rings. The van der Waals surface area contributed by atoms with E-state index >= 15 is 0 Å². The number of anilines is 1. The highest BCUT2D eigenvalue weighted by Gasteiger charge is 2.11. The first-order valence-electron chi connectivity index (χ1n) is 8.28. The van der Waals surface area contributed by atoms with Crippen LogP contribution in [0.5, 0.6) is 0 Å². The monoisotopic (exact) mass is 374 g/mol. The first-order valence-corrected chi connectivity index (χ1v) is 9.16. The van der Waals surface area contributed by atoms with Gasteiger partial charge in [-0.3, -0.25) is 4.79 Å². The molecule has 0 unspecified atom stereocenters. The SMILES string of the molecule is Cc1ccc(-c2csc(/C(C#N)=C/Nc3ccc(C(N)=O)cc3)n2)c(C)c1. The summed E-state index contributed by atoms with van der Waals surface area (Å²) in [7, 11) is 0. The fourth-order valence-corrected chi connectivity index (χ4v) is 3.44. The molecule has 5 nitrogen and oxygen atoms in total. The van der Waals surface area contributed by atoms with Crippen molar-refractivity contribution in [3.05, 3.63) is 75.7 Å². The zero-order valence-electron chi connectivity index (χ0n) is 15.0. The van der Waals surface area contributed by atoms with Gasteiger partial charge in [0.05, 0.1) is 5.69 Å². The average Bonchev–Trinajstić information content (AvgIpc) is 3.12. The number of aryl methyl sites for hydroxylation is 2. The number of benzene rings is 2. The number of primary amides is 1. The fraction of sp³-hybridized carbons (Fsp3) is 0.0952. The van der Waals surface area contributed by atoms with Crippen LogP contribution < -0.4 is 11.1 Å². The molecule has 0 saturated heterocycles. The molecule has 0 saturated carbocycles. The van der Waals surface area contributed by atoms with Gasteiger partial charge in [0.2, 0.25) is 5.91 Å². The lowest BCUT2D eigenvalue weighted by Crippen LogP contribution is -2.10. The summed E-state index contributed by atoms with van der Waals surface area (Å²) in [6, 6.07) is 15.1. The van der Waals surface area contributed by atoms with Crippen LogP contribution in [0, 0.1) is 25.2 Å². The molecule has 0 aliphatic rings. The Labute approximate surface area is 161 Å². The van der Waals surface area contributed by atoms with Gasteiger partial charge in [-0.2, -0.15) is 5.26 Å². The number of aromatic nitrogens is 1. The molecule has 0 spiro atoms. The van der Waals surface area contributed by atoms with Crippen LogP contribution in [0.4, 0.5) is 5.69 Å². The van der Waals surface area contributed by atoms with E-state index in [1.165, 1.54) is 16.9 Å². The predicted molar refractivity (Wildman–Crippen MR) is 109 cm³/mol. The van der Waals surface area contributed by atoms with Crippen LogP contribution in [0.15, 0.2) is 54.0 Å². The zero-order chi connectivity index (χ0) is 19.4. The lowest BCUT2D eigenvalue weighted by Gasteiger charge is -2.04. The second kappa shape index (κ2) is 7.85. The molecule has 0 aliphatic carbocycles. The van der Waals surface area contributed by atoms with Crippen LogP contribution in [0.3, 0.4) is 0 Å². The van der Waals surface area contributed by atoms with Gasteiger partial charge in [-0.25, -0.2) is 4.98 Å². The minimum absolute atomic E-state index is 0.433. The summed E-state index contributed by atoms with van der Waals surface area (Å²) in [4.78, 5) is 15.7. The number of nitrogens with zero attached hydrogens (tertiary/aromatic N) is 2. The van der Waals surface area contributed by atoms with E-state index in [0.717, 1.165) is 22.5 Å². The molecule has 1 amide bonds. The van der Waals surface area contributed by atoms with Crippen molar-refractivity contribution in [2.45, 2.75) is 13.8 Å². The molecule has 0 bridgehead atoms. The number of rotatable bonds is 5. The van der Waals surface area contributed by atoms with Crippen molar-refractivity contribution in [1.29, 1.82) is 5.26 Å². The van der Waals surface area contributed by atoms with Crippen molar-refractivity contribution in [3.63, 3.8) is 0 Å². The molecule has 3 rings (SSSR count). The number of nitriles is 1. The molecule has 0 aliphatic heterocycles. The smallest absolute Gasteiger partial charge is 0.248 e. The molecule has 2 aromatic carbocycles. The number of allylic oxidation sites excluding steroid dienone is 1. The molecule has 0 radical (unpaired) electrons. The highest BCUT2D eigenvalue weighted by Crippen LogP contribution is 2.28. The third-order valence-corrected chi connectivity index (χ3v) is 4.94. The molecule has 1 heterocycles. The Balaban J connectivity index is 1.81. The summed E-state index contributed by atoms with van der Waals surface area (Å²) in [6.07, 6.45) is 1.61. The summed E-state index contributed by atoms with van der Waals surface area (Å²) >= 11 is 1.43. The Morgan fingerprint density at radius 1 is 1.22 bits per heavy atom. The van der Waals surface area contributed by atoms with Gasteiger partial charge in [0.1, 0.15) is 16.6 Å². The van der Waals surface area contributed by atoms with E-state index in [4.69, 9.17) is 5.73 Å². The Kier molecular flexibility index (Phi) is 5.34. The third kappa shape index (κ3) is 4.22. The van der Waals surface area contributed by atoms with Gasteiger partial charge in [-0.05, 0) is 43.7 Å². The molecular weight excluding hydrogens is 356 g/mol. The van der Waals surface area contributed by atoms with E-state index in [0.29, 0.717) is 16.1 Å². The molecule has 3 N–H and O–H groups in total. The Hall–Kier alpha value is -3.43. The van der Waals surface area contributed by atoms with Crippen LogP contribution in [0.25, 0.3) is 16.8 Å². The molecule has 1 aromatic heterocycles. The molecule has 134 valence electrons. The summed E-state index contributed by atoms with van der Waals surface area (Å²) < 4.78 is 0. The van der Waals surface area contributed by atoms with E-state index in [9.17, 15) is 10.1 Å². The highest BCUT2D eigenvalue weighted by atomic mass is 32.1. The number of hydrogen-bond donors (Lipinski definition) is 2. The van der Waals surface area contributed by atoms with Crippen LogP contribution in [-0.2, 0) is 0 Å². The summed E-state index contributed by atoms with van der Waals surface area (Å²) in [5.41, 5.74) is 11.1. The number of carbonyl (C=O) groups excluding carboxylic acids is 1. The summed E-state index contributed by atoms with van der Waals surface area (Å²) in [5, 5.41) is 15.2. The van der Waals surface area contributed by atoms with Crippen LogP contribution >= 0.6 is 11.3 Å². The Morgan fingerprint density at radius 3 is 2.59 bits per heavy atom. The maximum absolute atomic E-state index is 11.1. The molecule has 0 atom stereocenters. The standard InChI is InChI=1S/C21H18N4OS/c1-13-3-8-18(14(2)9-13)19-12-27-21(25-19)16(10-22)11-24-17-6-4-15(5-7-17)20(23)26/h3-9,11-12,24H,1-2H3,(H2,23,26)/b16-11+. The molecular formula is C21H18N4OS. The van der Waals surface area contributed by atoms with Crippen molar-refractivity contribution >= 4 is 28.5 Å². The Morgan fingerprint density at radius 2 is 1.96 bits per heavy atom. The van der Waals surface area contributed by atoms with E-state index < -0.39 is 5.91 Å². The first-order chi connectivity index (χ1) is 13.0. The van der Waals surface area contributed by atoms with E-state index in [-0.39, 0.29) is 0 Å². The van der Waals surface area contributed by atoms with Gasteiger partial charge in [-0.1, -0.05) is 23.8 Å². The van der Waals surface area contributed by atoms with Crippen molar-refractivity contribution in [3.8, 4) is 17.3 Å². The number of hydrogen-bond acceptors (Lipinski definition) is 5. The molecule has 0 fully saturated rings. The second-order valence-corrected chi connectivity index (χ2v) is 6.97. The normalized spacial score (nSPS) is 11.1. The largest absolute Gasteiger partial charge is 0.366 e.